The maximum absolute atomic E-state index is 6.08. The van der Waals surface area contributed by atoms with Crippen LogP contribution < -0.4 is 5.73 Å². The van der Waals surface area contributed by atoms with Crippen molar-refractivity contribution < 1.29 is 0 Å². The monoisotopic (exact) mass is 229 g/mol. The third kappa shape index (κ3) is 3.50. The number of halogens is 1. The molecule has 0 saturated carbocycles. The van der Waals surface area contributed by atoms with Crippen LogP contribution in [0.2, 0.25) is 5.02 Å². The minimum atomic E-state index is 0.0156. The number of nitrogens with two attached hydrogens (primary N) is 1. The fraction of sp³-hybridized carbons (Fsp3) is 0.727. The van der Waals surface area contributed by atoms with Gasteiger partial charge < -0.3 is 5.73 Å². The van der Waals surface area contributed by atoms with E-state index in [1.165, 1.54) is 19.3 Å². The summed E-state index contributed by atoms with van der Waals surface area (Å²) >= 11 is 6.02. The van der Waals surface area contributed by atoms with Crippen LogP contribution in [0.1, 0.15) is 50.8 Å². The Morgan fingerprint density at radius 2 is 2.20 bits per heavy atom. The smallest absolute Gasteiger partial charge is 0.0833 e. The van der Waals surface area contributed by atoms with Gasteiger partial charge in [-0.1, -0.05) is 44.2 Å². The van der Waals surface area contributed by atoms with Crippen LogP contribution in [0, 0.1) is 0 Å². The first kappa shape index (κ1) is 12.5. The SMILES string of the molecule is CCCCCCC(N)c1c(Cl)cnn1C. The fourth-order valence-electron chi connectivity index (χ4n) is 1.77. The fourth-order valence-corrected chi connectivity index (χ4v) is 2.07. The first-order valence-corrected chi connectivity index (χ1v) is 5.97. The zero-order chi connectivity index (χ0) is 11.3. The van der Waals surface area contributed by atoms with Crippen LogP contribution in [-0.2, 0) is 7.05 Å². The van der Waals surface area contributed by atoms with Gasteiger partial charge in [-0.05, 0) is 6.42 Å². The number of rotatable bonds is 6. The van der Waals surface area contributed by atoms with E-state index < -0.39 is 0 Å². The Labute approximate surface area is 96.6 Å². The molecule has 0 aliphatic carbocycles. The second-order valence-electron chi connectivity index (χ2n) is 3.96. The average molecular weight is 230 g/mol. The molecule has 0 bridgehead atoms. The van der Waals surface area contributed by atoms with Crippen molar-refractivity contribution in [2.24, 2.45) is 12.8 Å². The number of aryl methyl sites for hydroxylation is 1. The second-order valence-corrected chi connectivity index (χ2v) is 4.36. The van der Waals surface area contributed by atoms with Crippen molar-refractivity contribution in [2.45, 2.75) is 45.1 Å². The van der Waals surface area contributed by atoms with Crippen molar-refractivity contribution in [1.29, 1.82) is 0 Å². The molecule has 1 aromatic heterocycles. The molecule has 86 valence electrons. The van der Waals surface area contributed by atoms with Crippen LogP contribution in [0.15, 0.2) is 6.20 Å². The van der Waals surface area contributed by atoms with Crippen LogP contribution in [0.3, 0.4) is 0 Å². The minimum absolute atomic E-state index is 0.0156. The predicted molar refractivity (Wildman–Crippen MR) is 63.9 cm³/mol. The minimum Gasteiger partial charge on any atom is -0.323 e. The zero-order valence-corrected chi connectivity index (χ0v) is 10.3. The van der Waals surface area contributed by atoms with Gasteiger partial charge in [0.15, 0.2) is 0 Å². The third-order valence-electron chi connectivity index (χ3n) is 2.66. The molecule has 0 amide bonds. The van der Waals surface area contributed by atoms with Gasteiger partial charge in [0.25, 0.3) is 0 Å². The number of aromatic nitrogens is 2. The lowest BCUT2D eigenvalue weighted by molar-refractivity contribution is 0.534. The normalized spacial score (nSPS) is 13.1. The number of nitrogens with zero attached hydrogens (tertiary/aromatic N) is 2. The Balaban J connectivity index is 2.43. The Hall–Kier alpha value is -0.540. The van der Waals surface area contributed by atoms with Gasteiger partial charge in [-0.15, -0.1) is 0 Å². The molecule has 1 rings (SSSR count). The van der Waals surface area contributed by atoms with E-state index in [9.17, 15) is 0 Å². The number of unbranched alkanes of at least 4 members (excludes halogenated alkanes) is 3. The summed E-state index contributed by atoms with van der Waals surface area (Å²) < 4.78 is 1.77. The molecule has 0 spiro atoms. The summed E-state index contributed by atoms with van der Waals surface area (Å²) in [5.41, 5.74) is 7.03. The molecular formula is C11H20ClN3. The van der Waals surface area contributed by atoms with E-state index >= 15 is 0 Å². The van der Waals surface area contributed by atoms with Gasteiger partial charge in [-0.3, -0.25) is 4.68 Å². The quantitative estimate of drug-likeness (QED) is 0.762. The molecule has 0 aromatic carbocycles. The summed E-state index contributed by atoms with van der Waals surface area (Å²) in [6.45, 7) is 2.21. The molecule has 3 nitrogen and oxygen atoms in total. The van der Waals surface area contributed by atoms with E-state index in [0.29, 0.717) is 5.02 Å². The molecule has 1 aromatic rings. The highest BCUT2D eigenvalue weighted by molar-refractivity contribution is 6.31. The van der Waals surface area contributed by atoms with E-state index in [-0.39, 0.29) is 6.04 Å². The number of hydrogen-bond acceptors (Lipinski definition) is 2. The lowest BCUT2D eigenvalue weighted by Crippen LogP contribution is -2.15. The molecule has 2 N–H and O–H groups in total. The van der Waals surface area contributed by atoms with Gasteiger partial charge in [0.05, 0.1) is 16.9 Å². The van der Waals surface area contributed by atoms with E-state index in [2.05, 4.69) is 12.0 Å². The summed E-state index contributed by atoms with van der Waals surface area (Å²) in [5, 5.41) is 4.77. The Morgan fingerprint density at radius 3 is 2.73 bits per heavy atom. The second kappa shape index (κ2) is 6.13. The van der Waals surface area contributed by atoms with Crippen molar-refractivity contribution in [1.82, 2.24) is 9.78 Å². The molecule has 15 heavy (non-hydrogen) atoms. The maximum Gasteiger partial charge on any atom is 0.0833 e. The molecule has 0 fully saturated rings. The molecule has 1 heterocycles. The lowest BCUT2D eigenvalue weighted by atomic mass is 10.1. The average Bonchev–Trinajstić information content (AvgIpc) is 2.53. The highest BCUT2D eigenvalue weighted by Crippen LogP contribution is 2.24. The van der Waals surface area contributed by atoms with Crippen molar-refractivity contribution in [3.05, 3.63) is 16.9 Å². The summed E-state index contributed by atoms with van der Waals surface area (Å²) in [6.07, 6.45) is 7.59. The highest BCUT2D eigenvalue weighted by atomic mass is 35.5. The standard InChI is InChI=1S/C11H20ClN3/c1-3-4-5-6-7-10(13)11-9(12)8-14-15(11)2/h8,10H,3-7,13H2,1-2H3. The van der Waals surface area contributed by atoms with Crippen LogP contribution in [0.4, 0.5) is 0 Å². The molecule has 0 saturated heterocycles. The van der Waals surface area contributed by atoms with Gasteiger partial charge in [0.1, 0.15) is 0 Å². The Morgan fingerprint density at radius 1 is 1.47 bits per heavy atom. The van der Waals surface area contributed by atoms with E-state index in [4.69, 9.17) is 17.3 Å². The van der Waals surface area contributed by atoms with Crippen molar-refractivity contribution in [3.63, 3.8) is 0 Å². The van der Waals surface area contributed by atoms with Gasteiger partial charge >= 0.3 is 0 Å². The van der Waals surface area contributed by atoms with E-state index in [0.717, 1.165) is 18.5 Å². The van der Waals surface area contributed by atoms with Gasteiger partial charge in [0, 0.05) is 13.1 Å². The Kier molecular flexibility index (Phi) is 5.12. The van der Waals surface area contributed by atoms with Crippen molar-refractivity contribution in [3.8, 4) is 0 Å². The van der Waals surface area contributed by atoms with Gasteiger partial charge in [0.2, 0.25) is 0 Å². The lowest BCUT2D eigenvalue weighted by Gasteiger charge is -2.12. The third-order valence-corrected chi connectivity index (χ3v) is 2.95. The van der Waals surface area contributed by atoms with Crippen LogP contribution in [0.25, 0.3) is 0 Å². The predicted octanol–water partition coefficient (Wildman–Crippen LogP) is 3.04. The largest absolute Gasteiger partial charge is 0.323 e. The molecular weight excluding hydrogens is 210 g/mol. The van der Waals surface area contributed by atoms with E-state index in [1.807, 2.05) is 7.05 Å². The zero-order valence-electron chi connectivity index (χ0n) is 9.54. The van der Waals surface area contributed by atoms with Crippen molar-refractivity contribution >= 4 is 11.6 Å². The Bertz CT molecular complexity index is 277. The summed E-state index contributed by atoms with van der Waals surface area (Å²) in [6, 6.07) is 0.0156. The summed E-state index contributed by atoms with van der Waals surface area (Å²) in [4.78, 5) is 0. The topological polar surface area (TPSA) is 43.8 Å². The van der Waals surface area contributed by atoms with Crippen LogP contribution in [-0.4, -0.2) is 9.78 Å². The molecule has 1 unspecified atom stereocenters. The summed E-state index contributed by atoms with van der Waals surface area (Å²) in [5.74, 6) is 0. The first-order valence-electron chi connectivity index (χ1n) is 5.59. The molecule has 1 atom stereocenters. The van der Waals surface area contributed by atoms with Crippen LogP contribution >= 0.6 is 11.6 Å². The van der Waals surface area contributed by atoms with Crippen LogP contribution in [0.5, 0.6) is 0 Å². The molecule has 4 heteroatoms. The first-order chi connectivity index (χ1) is 7.16. The number of hydrogen-bond donors (Lipinski definition) is 1. The summed E-state index contributed by atoms with van der Waals surface area (Å²) in [7, 11) is 1.88. The van der Waals surface area contributed by atoms with E-state index in [1.54, 1.807) is 10.9 Å². The molecule has 0 radical (unpaired) electrons. The highest BCUT2D eigenvalue weighted by Gasteiger charge is 2.14. The van der Waals surface area contributed by atoms with Crippen molar-refractivity contribution in [2.75, 3.05) is 0 Å². The maximum atomic E-state index is 6.08. The molecule has 0 aliphatic heterocycles. The van der Waals surface area contributed by atoms with Gasteiger partial charge in [-0.25, -0.2) is 0 Å². The van der Waals surface area contributed by atoms with Gasteiger partial charge in [-0.2, -0.15) is 5.10 Å². The molecule has 0 aliphatic rings.